The van der Waals surface area contributed by atoms with E-state index in [1.165, 1.54) is 0 Å². The minimum absolute atomic E-state index is 0.00254. The van der Waals surface area contributed by atoms with E-state index in [2.05, 4.69) is 14.8 Å². The Kier molecular flexibility index (Phi) is 5.34. The smallest absolute Gasteiger partial charge is 0.246 e. The Bertz CT molecular complexity index is 778. The highest BCUT2D eigenvalue weighted by Gasteiger charge is 2.22. The van der Waals surface area contributed by atoms with Gasteiger partial charge >= 0.3 is 0 Å². The van der Waals surface area contributed by atoms with Crippen LogP contribution in [0.15, 0.2) is 41.2 Å². The first-order chi connectivity index (χ1) is 13.3. The van der Waals surface area contributed by atoms with E-state index in [1.807, 2.05) is 17.0 Å². The highest BCUT2D eigenvalue weighted by molar-refractivity contribution is 5.91. The molecule has 0 atom stereocenters. The second-order valence-electron chi connectivity index (χ2n) is 6.48. The van der Waals surface area contributed by atoms with E-state index in [1.54, 1.807) is 30.7 Å². The SMILES string of the molecule is O=C(/C=C/c1ccco1)N1CCN(c2ccnc(N3CCOCC3)n2)CC1. The maximum Gasteiger partial charge on any atom is 0.246 e. The number of hydrogen-bond acceptors (Lipinski definition) is 7. The number of anilines is 2. The number of carbonyl (C=O) groups is 1. The van der Waals surface area contributed by atoms with Crippen LogP contribution in [0.2, 0.25) is 0 Å². The van der Waals surface area contributed by atoms with Crippen LogP contribution in [0.25, 0.3) is 6.08 Å². The lowest BCUT2D eigenvalue weighted by Gasteiger charge is -2.35. The Morgan fingerprint density at radius 2 is 1.85 bits per heavy atom. The highest BCUT2D eigenvalue weighted by atomic mass is 16.5. The molecular formula is C19H23N5O3. The molecule has 0 bridgehead atoms. The minimum atomic E-state index is 0.00254. The quantitative estimate of drug-likeness (QED) is 0.751. The van der Waals surface area contributed by atoms with E-state index in [0.29, 0.717) is 32.1 Å². The van der Waals surface area contributed by atoms with Crippen molar-refractivity contribution in [2.75, 3.05) is 62.3 Å². The number of furan rings is 1. The summed E-state index contributed by atoms with van der Waals surface area (Å²) in [5.41, 5.74) is 0. The van der Waals surface area contributed by atoms with E-state index in [9.17, 15) is 4.79 Å². The van der Waals surface area contributed by atoms with Crippen LogP contribution in [0.1, 0.15) is 5.76 Å². The van der Waals surface area contributed by atoms with Crippen molar-refractivity contribution in [2.24, 2.45) is 0 Å². The molecule has 0 radical (unpaired) electrons. The van der Waals surface area contributed by atoms with Crippen molar-refractivity contribution in [3.05, 3.63) is 42.5 Å². The summed E-state index contributed by atoms with van der Waals surface area (Å²) in [7, 11) is 0. The molecule has 2 aliphatic rings. The number of amides is 1. The molecule has 8 nitrogen and oxygen atoms in total. The Hall–Kier alpha value is -2.87. The molecular weight excluding hydrogens is 346 g/mol. The van der Waals surface area contributed by atoms with Crippen LogP contribution in [-0.4, -0.2) is 73.3 Å². The van der Waals surface area contributed by atoms with Gasteiger partial charge in [-0.1, -0.05) is 0 Å². The molecule has 0 saturated carbocycles. The van der Waals surface area contributed by atoms with Gasteiger partial charge in [0.1, 0.15) is 11.6 Å². The Morgan fingerprint density at radius 1 is 1.04 bits per heavy atom. The highest BCUT2D eigenvalue weighted by Crippen LogP contribution is 2.18. The molecule has 1 amide bonds. The number of aromatic nitrogens is 2. The van der Waals surface area contributed by atoms with Crippen LogP contribution in [0, 0.1) is 0 Å². The minimum Gasteiger partial charge on any atom is -0.465 e. The van der Waals surface area contributed by atoms with Gasteiger partial charge in [0.05, 0.1) is 19.5 Å². The fraction of sp³-hybridized carbons (Fsp3) is 0.421. The molecule has 0 aliphatic carbocycles. The number of morpholine rings is 1. The van der Waals surface area contributed by atoms with Crippen molar-refractivity contribution in [3.63, 3.8) is 0 Å². The van der Waals surface area contributed by atoms with Gasteiger partial charge in [0, 0.05) is 51.5 Å². The van der Waals surface area contributed by atoms with Crippen molar-refractivity contribution in [3.8, 4) is 0 Å². The molecule has 2 aromatic heterocycles. The number of piperazine rings is 1. The number of rotatable bonds is 4. The van der Waals surface area contributed by atoms with Gasteiger partial charge in [-0.3, -0.25) is 4.79 Å². The summed E-state index contributed by atoms with van der Waals surface area (Å²) >= 11 is 0. The lowest BCUT2D eigenvalue weighted by molar-refractivity contribution is -0.126. The third-order valence-corrected chi connectivity index (χ3v) is 4.77. The lowest BCUT2D eigenvalue weighted by atomic mass is 10.3. The normalized spacial score (nSPS) is 18.3. The van der Waals surface area contributed by atoms with Gasteiger partial charge in [0.2, 0.25) is 11.9 Å². The van der Waals surface area contributed by atoms with Crippen LogP contribution in [-0.2, 0) is 9.53 Å². The summed E-state index contributed by atoms with van der Waals surface area (Å²) in [5.74, 6) is 2.33. The van der Waals surface area contributed by atoms with Gasteiger partial charge in [0.15, 0.2) is 0 Å². The summed E-state index contributed by atoms with van der Waals surface area (Å²) in [6.45, 7) is 5.87. The van der Waals surface area contributed by atoms with Crippen molar-refractivity contribution in [1.29, 1.82) is 0 Å². The van der Waals surface area contributed by atoms with Crippen LogP contribution in [0.3, 0.4) is 0 Å². The van der Waals surface area contributed by atoms with Gasteiger partial charge in [-0.15, -0.1) is 0 Å². The monoisotopic (exact) mass is 369 g/mol. The van der Waals surface area contributed by atoms with Crippen LogP contribution in [0.5, 0.6) is 0 Å². The molecule has 0 aromatic carbocycles. The largest absolute Gasteiger partial charge is 0.465 e. The van der Waals surface area contributed by atoms with Gasteiger partial charge in [-0.05, 0) is 24.3 Å². The molecule has 0 spiro atoms. The zero-order chi connectivity index (χ0) is 18.5. The van der Waals surface area contributed by atoms with Gasteiger partial charge in [0.25, 0.3) is 0 Å². The van der Waals surface area contributed by atoms with Crippen LogP contribution >= 0.6 is 0 Å². The number of hydrogen-bond donors (Lipinski definition) is 0. The third kappa shape index (κ3) is 4.28. The summed E-state index contributed by atoms with van der Waals surface area (Å²) in [4.78, 5) is 27.6. The molecule has 4 rings (SSSR count). The van der Waals surface area contributed by atoms with Crippen molar-refractivity contribution in [2.45, 2.75) is 0 Å². The van der Waals surface area contributed by atoms with E-state index in [-0.39, 0.29) is 5.91 Å². The summed E-state index contributed by atoms with van der Waals surface area (Å²) in [6, 6.07) is 5.55. The second-order valence-corrected chi connectivity index (χ2v) is 6.48. The predicted molar refractivity (Wildman–Crippen MR) is 102 cm³/mol. The fourth-order valence-corrected chi connectivity index (χ4v) is 3.23. The first-order valence-corrected chi connectivity index (χ1v) is 9.21. The predicted octanol–water partition coefficient (Wildman–Crippen LogP) is 1.27. The Morgan fingerprint density at radius 3 is 2.59 bits per heavy atom. The van der Waals surface area contributed by atoms with Crippen LogP contribution < -0.4 is 9.80 Å². The zero-order valence-corrected chi connectivity index (χ0v) is 15.2. The molecule has 2 aliphatic heterocycles. The summed E-state index contributed by atoms with van der Waals surface area (Å²) in [5, 5.41) is 0. The number of ether oxygens (including phenoxy) is 1. The molecule has 142 valence electrons. The Balaban J connectivity index is 1.34. The third-order valence-electron chi connectivity index (χ3n) is 4.77. The average molecular weight is 369 g/mol. The van der Waals surface area contributed by atoms with Crippen molar-refractivity contribution in [1.82, 2.24) is 14.9 Å². The van der Waals surface area contributed by atoms with Crippen molar-refractivity contribution >= 4 is 23.7 Å². The molecule has 8 heteroatoms. The molecule has 2 aromatic rings. The number of carbonyl (C=O) groups excluding carboxylic acids is 1. The van der Waals surface area contributed by atoms with Gasteiger partial charge in [-0.25, -0.2) is 4.98 Å². The van der Waals surface area contributed by atoms with Gasteiger partial charge in [-0.2, -0.15) is 4.98 Å². The average Bonchev–Trinajstić information content (AvgIpc) is 3.27. The van der Waals surface area contributed by atoms with Gasteiger partial charge < -0.3 is 23.9 Å². The first kappa shape index (κ1) is 17.5. The standard InChI is InChI=1S/C19H23N5O3/c25-18(4-3-16-2-1-13-27-16)23-9-7-22(8-10-23)17-5-6-20-19(21-17)24-11-14-26-15-12-24/h1-6,13H,7-12,14-15H2/b4-3+. The van der Waals surface area contributed by atoms with Crippen LogP contribution in [0.4, 0.5) is 11.8 Å². The lowest BCUT2D eigenvalue weighted by Crippen LogP contribution is -2.48. The summed E-state index contributed by atoms with van der Waals surface area (Å²) in [6.07, 6.45) is 6.66. The Labute approximate surface area is 158 Å². The zero-order valence-electron chi connectivity index (χ0n) is 15.2. The van der Waals surface area contributed by atoms with E-state index in [4.69, 9.17) is 14.1 Å². The molecule has 2 saturated heterocycles. The first-order valence-electron chi connectivity index (χ1n) is 9.21. The molecule has 0 unspecified atom stereocenters. The second kappa shape index (κ2) is 8.22. The van der Waals surface area contributed by atoms with E-state index >= 15 is 0 Å². The maximum absolute atomic E-state index is 12.3. The molecule has 4 heterocycles. The van der Waals surface area contributed by atoms with E-state index in [0.717, 1.165) is 37.9 Å². The maximum atomic E-state index is 12.3. The molecule has 0 N–H and O–H groups in total. The fourth-order valence-electron chi connectivity index (χ4n) is 3.23. The van der Waals surface area contributed by atoms with Crippen molar-refractivity contribution < 1.29 is 13.9 Å². The molecule has 2 fully saturated rings. The topological polar surface area (TPSA) is 74.9 Å². The molecule has 27 heavy (non-hydrogen) atoms. The number of nitrogens with zero attached hydrogens (tertiary/aromatic N) is 5. The summed E-state index contributed by atoms with van der Waals surface area (Å²) < 4.78 is 10.6. The van der Waals surface area contributed by atoms with E-state index < -0.39 is 0 Å².